The molecule has 132 valence electrons. The number of aldehydes is 1. The van der Waals surface area contributed by atoms with Crippen molar-refractivity contribution in [2.45, 2.75) is 70.9 Å². The molecule has 7 nitrogen and oxygen atoms in total. The van der Waals surface area contributed by atoms with Crippen LogP contribution >= 0.6 is 0 Å². The molecular weight excluding hydrogens is 298 g/mol. The Balaban J connectivity index is 2.81. The van der Waals surface area contributed by atoms with E-state index in [0.717, 1.165) is 25.7 Å². The fourth-order valence-electron chi connectivity index (χ4n) is 2.97. The van der Waals surface area contributed by atoms with Gasteiger partial charge < -0.3 is 25.8 Å². The Labute approximate surface area is 137 Å². The molecule has 0 aromatic carbocycles. The smallest absolute Gasteiger partial charge is 0.407 e. The lowest BCUT2D eigenvalue weighted by Crippen LogP contribution is -2.48. The predicted molar refractivity (Wildman–Crippen MR) is 87.3 cm³/mol. The fourth-order valence-corrected chi connectivity index (χ4v) is 2.97. The first kappa shape index (κ1) is 19.3. The summed E-state index contributed by atoms with van der Waals surface area (Å²) in [5.41, 5.74) is 4.98. The van der Waals surface area contributed by atoms with Gasteiger partial charge in [-0.3, -0.25) is 0 Å². The van der Waals surface area contributed by atoms with Crippen molar-refractivity contribution in [2.75, 3.05) is 0 Å². The molecule has 1 amide bonds. The first-order chi connectivity index (χ1) is 10.8. The molecule has 1 saturated carbocycles. The molecule has 1 rings (SSSR count). The Morgan fingerprint density at radius 2 is 2.00 bits per heavy atom. The van der Waals surface area contributed by atoms with Gasteiger partial charge in [0.2, 0.25) is 0 Å². The van der Waals surface area contributed by atoms with Crippen LogP contribution < -0.4 is 11.1 Å². The summed E-state index contributed by atoms with van der Waals surface area (Å²) in [4.78, 5) is 23.4. The predicted octanol–water partition coefficient (Wildman–Crippen LogP) is 2.41. The molecule has 0 spiro atoms. The number of alkyl carbamates (subject to hydrolysis) is 1. The van der Waals surface area contributed by atoms with Crippen LogP contribution in [0, 0.1) is 11.8 Å². The van der Waals surface area contributed by atoms with Gasteiger partial charge in [-0.25, -0.2) is 4.79 Å². The van der Waals surface area contributed by atoms with Crippen LogP contribution in [0.1, 0.15) is 59.3 Å². The van der Waals surface area contributed by atoms with Gasteiger partial charge >= 0.3 is 6.09 Å². The van der Waals surface area contributed by atoms with Gasteiger partial charge in [0.1, 0.15) is 11.9 Å². The van der Waals surface area contributed by atoms with Crippen LogP contribution in [-0.4, -0.2) is 35.1 Å². The molecule has 1 fully saturated rings. The lowest BCUT2D eigenvalue weighted by molar-refractivity contribution is -0.110. The monoisotopic (exact) mass is 327 g/mol. The van der Waals surface area contributed by atoms with Crippen LogP contribution in [0.15, 0.2) is 5.16 Å². The minimum atomic E-state index is -0.866. The van der Waals surface area contributed by atoms with E-state index in [1.807, 2.05) is 0 Å². The first-order valence-electron chi connectivity index (χ1n) is 8.19. The summed E-state index contributed by atoms with van der Waals surface area (Å²) in [7, 11) is 0. The highest BCUT2D eigenvalue weighted by Crippen LogP contribution is 2.29. The molecule has 0 bridgehead atoms. The maximum absolute atomic E-state index is 12.0. The lowest BCUT2D eigenvalue weighted by atomic mass is 9.82. The Hall–Kier alpha value is -1.79. The second-order valence-electron chi connectivity index (χ2n) is 7.18. The number of carbonyl (C=O) groups excluding carboxylic acids is 2. The normalized spacial score (nSPS) is 19.7. The highest BCUT2D eigenvalue weighted by Gasteiger charge is 2.31. The van der Waals surface area contributed by atoms with Gasteiger partial charge in [0, 0.05) is 6.04 Å². The Kier molecular flexibility index (Phi) is 7.32. The van der Waals surface area contributed by atoms with Crippen molar-refractivity contribution in [3.05, 3.63) is 0 Å². The summed E-state index contributed by atoms with van der Waals surface area (Å²) in [5.74, 6) is -0.649. The maximum atomic E-state index is 12.0. The highest BCUT2D eigenvalue weighted by atomic mass is 16.6. The number of hydrogen-bond acceptors (Lipinski definition) is 5. The van der Waals surface area contributed by atoms with Crippen LogP contribution in [-0.2, 0) is 9.53 Å². The third-order valence-corrected chi connectivity index (χ3v) is 4.05. The standard InChI is InChI=1S/C16H29N3O4/c1-16(2,3)23-15(21)18-13(12(10-20)14(17)19-22)9-11-7-5-4-6-8-11/h10-13,22H,4-9H2,1-3H3,(H2,17,19)(H,18,21)/t12?,13-/m0/s1. The second kappa shape index (κ2) is 8.74. The molecule has 0 aromatic rings. The van der Waals surface area contributed by atoms with E-state index in [1.165, 1.54) is 6.42 Å². The van der Waals surface area contributed by atoms with Gasteiger partial charge in [-0.2, -0.15) is 0 Å². The molecule has 2 atom stereocenters. The van der Waals surface area contributed by atoms with Gasteiger partial charge in [-0.1, -0.05) is 37.3 Å². The highest BCUT2D eigenvalue weighted by molar-refractivity contribution is 5.95. The number of nitrogens with two attached hydrogens (primary N) is 1. The zero-order chi connectivity index (χ0) is 17.5. The van der Waals surface area contributed by atoms with Crippen LogP contribution in [0.2, 0.25) is 0 Å². The third-order valence-electron chi connectivity index (χ3n) is 4.05. The SMILES string of the molecule is CC(C)(C)OC(=O)N[C@@H](CC1CCCCC1)C(C=O)/C(N)=N/O. The number of rotatable bonds is 6. The summed E-state index contributed by atoms with van der Waals surface area (Å²) in [5, 5.41) is 14.5. The Morgan fingerprint density at radius 3 is 2.48 bits per heavy atom. The van der Waals surface area contributed by atoms with Crippen molar-refractivity contribution in [1.29, 1.82) is 0 Å². The van der Waals surface area contributed by atoms with Crippen molar-refractivity contribution in [3.8, 4) is 0 Å². The summed E-state index contributed by atoms with van der Waals surface area (Å²) in [6.45, 7) is 5.30. The molecule has 0 heterocycles. The van der Waals surface area contributed by atoms with Gasteiger partial charge in [0.05, 0.1) is 5.92 Å². The van der Waals surface area contributed by atoms with E-state index in [2.05, 4.69) is 10.5 Å². The number of nitrogens with one attached hydrogen (secondary N) is 1. The second-order valence-corrected chi connectivity index (χ2v) is 7.18. The van der Waals surface area contributed by atoms with Crippen LogP contribution in [0.5, 0.6) is 0 Å². The van der Waals surface area contributed by atoms with E-state index in [4.69, 9.17) is 15.7 Å². The maximum Gasteiger partial charge on any atom is 0.407 e. The molecule has 4 N–H and O–H groups in total. The number of ether oxygens (including phenoxy) is 1. The third kappa shape index (κ3) is 6.88. The van der Waals surface area contributed by atoms with E-state index < -0.39 is 23.7 Å². The number of hydrogen-bond donors (Lipinski definition) is 3. The van der Waals surface area contributed by atoms with Crippen molar-refractivity contribution >= 4 is 18.2 Å². The average Bonchev–Trinajstić information content (AvgIpc) is 2.46. The molecule has 1 aliphatic carbocycles. The average molecular weight is 327 g/mol. The lowest BCUT2D eigenvalue weighted by Gasteiger charge is -2.30. The van der Waals surface area contributed by atoms with Crippen LogP contribution in [0.3, 0.4) is 0 Å². The zero-order valence-electron chi connectivity index (χ0n) is 14.2. The van der Waals surface area contributed by atoms with Crippen molar-refractivity contribution < 1.29 is 19.5 Å². The summed E-state index contributed by atoms with van der Waals surface area (Å²) in [6.07, 6.45) is 6.27. The van der Waals surface area contributed by atoms with Crippen molar-refractivity contribution in [2.24, 2.45) is 22.7 Å². The fraction of sp³-hybridized carbons (Fsp3) is 0.812. The first-order valence-corrected chi connectivity index (χ1v) is 8.19. The number of carbonyl (C=O) groups is 2. The van der Waals surface area contributed by atoms with E-state index >= 15 is 0 Å². The Bertz CT molecular complexity index is 426. The van der Waals surface area contributed by atoms with Gasteiger partial charge in [-0.05, 0) is 33.1 Å². The minimum absolute atomic E-state index is 0.197. The van der Waals surface area contributed by atoms with E-state index in [0.29, 0.717) is 18.6 Å². The molecule has 1 unspecified atom stereocenters. The van der Waals surface area contributed by atoms with E-state index in [9.17, 15) is 9.59 Å². The van der Waals surface area contributed by atoms with Crippen LogP contribution in [0.25, 0.3) is 0 Å². The zero-order valence-corrected chi connectivity index (χ0v) is 14.2. The van der Waals surface area contributed by atoms with Gasteiger partial charge in [-0.15, -0.1) is 0 Å². The summed E-state index contributed by atoms with van der Waals surface area (Å²) in [6, 6.07) is -0.540. The van der Waals surface area contributed by atoms with Crippen molar-refractivity contribution in [3.63, 3.8) is 0 Å². The molecule has 23 heavy (non-hydrogen) atoms. The Morgan fingerprint density at radius 1 is 1.39 bits per heavy atom. The van der Waals surface area contributed by atoms with E-state index in [-0.39, 0.29) is 5.84 Å². The summed E-state index contributed by atoms with van der Waals surface area (Å²) >= 11 is 0. The van der Waals surface area contributed by atoms with Gasteiger partial charge in [0.15, 0.2) is 5.84 Å². The number of oxime groups is 1. The minimum Gasteiger partial charge on any atom is -0.444 e. The van der Waals surface area contributed by atoms with E-state index in [1.54, 1.807) is 20.8 Å². The van der Waals surface area contributed by atoms with Crippen LogP contribution in [0.4, 0.5) is 4.79 Å². The van der Waals surface area contributed by atoms with Gasteiger partial charge in [0.25, 0.3) is 0 Å². The molecule has 1 aliphatic rings. The molecule has 7 heteroatoms. The number of nitrogens with zero attached hydrogens (tertiary/aromatic N) is 1. The molecule has 0 saturated heterocycles. The largest absolute Gasteiger partial charge is 0.444 e. The number of amides is 1. The van der Waals surface area contributed by atoms with Crippen molar-refractivity contribution in [1.82, 2.24) is 5.32 Å². The topological polar surface area (TPSA) is 114 Å². The quantitative estimate of drug-likeness (QED) is 0.228. The molecule has 0 aliphatic heterocycles. The summed E-state index contributed by atoms with van der Waals surface area (Å²) < 4.78 is 5.26. The number of amidine groups is 1. The molecular formula is C16H29N3O4. The molecule has 0 radical (unpaired) electrons. The molecule has 0 aromatic heterocycles.